The summed E-state index contributed by atoms with van der Waals surface area (Å²) in [6, 6.07) is 0. The second kappa shape index (κ2) is 9.04. The standard InChI is InChI=1S/C19H26N2O3S2/c1-3-4-5-6-9-24-15(22)11-25-19-20-17(23)16-13-8-7-12(2)10-14(13)26-18(16)21-19/h12H,3-11H2,1-2H3,(H,20,21,23). The second-order valence-corrected chi connectivity index (χ2v) is 9.02. The van der Waals surface area contributed by atoms with E-state index < -0.39 is 0 Å². The minimum absolute atomic E-state index is 0.0857. The van der Waals surface area contributed by atoms with Gasteiger partial charge < -0.3 is 9.72 Å². The number of thiophene rings is 1. The summed E-state index contributed by atoms with van der Waals surface area (Å²) < 4.78 is 5.23. The number of nitrogens with zero attached hydrogens (tertiary/aromatic N) is 1. The van der Waals surface area contributed by atoms with Gasteiger partial charge in [-0.15, -0.1) is 11.3 Å². The van der Waals surface area contributed by atoms with E-state index in [9.17, 15) is 9.59 Å². The van der Waals surface area contributed by atoms with Crippen LogP contribution in [0.25, 0.3) is 10.2 Å². The molecule has 0 spiro atoms. The fourth-order valence-electron chi connectivity index (χ4n) is 3.28. The van der Waals surface area contributed by atoms with Gasteiger partial charge >= 0.3 is 5.97 Å². The number of carbonyl (C=O) groups is 1. The first-order valence-electron chi connectivity index (χ1n) is 9.41. The van der Waals surface area contributed by atoms with Crippen molar-refractivity contribution in [2.24, 2.45) is 5.92 Å². The number of carbonyl (C=O) groups excluding carboxylic acids is 1. The van der Waals surface area contributed by atoms with Crippen LogP contribution in [0.3, 0.4) is 0 Å². The lowest BCUT2D eigenvalue weighted by Crippen LogP contribution is -2.14. The van der Waals surface area contributed by atoms with Crippen molar-refractivity contribution in [2.45, 2.75) is 63.9 Å². The van der Waals surface area contributed by atoms with Crippen LogP contribution in [0.15, 0.2) is 9.95 Å². The molecule has 1 aliphatic rings. The highest BCUT2D eigenvalue weighted by atomic mass is 32.2. The molecule has 26 heavy (non-hydrogen) atoms. The minimum Gasteiger partial charge on any atom is -0.465 e. The Kier molecular flexibility index (Phi) is 6.75. The summed E-state index contributed by atoms with van der Waals surface area (Å²) in [4.78, 5) is 33.8. The zero-order chi connectivity index (χ0) is 18.5. The molecule has 0 amide bonds. The molecule has 7 heteroatoms. The Balaban J connectivity index is 1.61. The van der Waals surface area contributed by atoms with Crippen molar-refractivity contribution in [1.29, 1.82) is 0 Å². The van der Waals surface area contributed by atoms with Crippen molar-refractivity contribution in [3.05, 3.63) is 20.8 Å². The molecule has 0 fully saturated rings. The predicted octanol–water partition coefficient (Wildman–Crippen LogP) is 4.33. The summed E-state index contributed by atoms with van der Waals surface area (Å²) in [6.07, 6.45) is 7.44. The van der Waals surface area contributed by atoms with Crippen molar-refractivity contribution >= 4 is 39.3 Å². The molecular formula is C19H26N2O3S2. The smallest absolute Gasteiger partial charge is 0.316 e. The van der Waals surface area contributed by atoms with Crippen molar-refractivity contribution in [3.63, 3.8) is 0 Å². The van der Waals surface area contributed by atoms with Gasteiger partial charge in [0.1, 0.15) is 4.83 Å². The number of thioether (sulfide) groups is 1. The fraction of sp³-hybridized carbons (Fsp3) is 0.632. The number of aromatic nitrogens is 2. The highest BCUT2D eigenvalue weighted by molar-refractivity contribution is 7.99. The molecule has 0 saturated carbocycles. The number of unbranched alkanes of at least 4 members (excludes halogenated alkanes) is 3. The third kappa shape index (κ3) is 4.68. The first-order valence-corrected chi connectivity index (χ1v) is 11.2. The van der Waals surface area contributed by atoms with Crippen LogP contribution in [0.1, 0.15) is 56.4 Å². The Morgan fingerprint density at radius 1 is 1.38 bits per heavy atom. The van der Waals surface area contributed by atoms with Crippen molar-refractivity contribution < 1.29 is 9.53 Å². The summed E-state index contributed by atoms with van der Waals surface area (Å²) >= 11 is 2.86. The fourth-order valence-corrected chi connectivity index (χ4v) is 5.38. The summed E-state index contributed by atoms with van der Waals surface area (Å²) in [5.74, 6) is 0.578. The van der Waals surface area contributed by atoms with Crippen molar-refractivity contribution in [1.82, 2.24) is 9.97 Å². The highest BCUT2D eigenvalue weighted by Gasteiger charge is 2.23. The number of aryl methyl sites for hydroxylation is 1. The molecule has 1 unspecified atom stereocenters. The predicted molar refractivity (Wildman–Crippen MR) is 107 cm³/mol. The van der Waals surface area contributed by atoms with E-state index in [2.05, 4.69) is 23.8 Å². The molecule has 0 aliphatic heterocycles. The molecule has 142 valence electrons. The molecule has 2 aromatic rings. The van der Waals surface area contributed by atoms with E-state index in [0.717, 1.165) is 48.7 Å². The van der Waals surface area contributed by atoms with Gasteiger partial charge in [-0.2, -0.15) is 0 Å². The lowest BCUT2D eigenvalue weighted by Gasteiger charge is -2.17. The Morgan fingerprint density at radius 2 is 2.23 bits per heavy atom. The van der Waals surface area contributed by atoms with Crippen LogP contribution >= 0.6 is 23.1 Å². The van der Waals surface area contributed by atoms with Gasteiger partial charge in [0.05, 0.1) is 17.7 Å². The van der Waals surface area contributed by atoms with Gasteiger partial charge in [0.25, 0.3) is 5.56 Å². The molecule has 0 aromatic carbocycles. The van der Waals surface area contributed by atoms with Crippen LogP contribution in [-0.4, -0.2) is 28.3 Å². The van der Waals surface area contributed by atoms with E-state index in [1.165, 1.54) is 28.6 Å². The third-order valence-corrected chi connectivity index (χ3v) is 6.73. The first kappa shape index (κ1) is 19.4. The van der Waals surface area contributed by atoms with Crippen molar-refractivity contribution in [2.75, 3.05) is 12.4 Å². The van der Waals surface area contributed by atoms with E-state index in [1.807, 2.05) is 0 Å². The number of fused-ring (bicyclic) bond motifs is 3. The minimum atomic E-state index is -0.256. The molecule has 1 atom stereocenters. The van der Waals surface area contributed by atoms with Gasteiger partial charge in [-0.25, -0.2) is 4.98 Å². The zero-order valence-electron chi connectivity index (χ0n) is 15.4. The Labute approximate surface area is 161 Å². The molecule has 0 bridgehead atoms. The third-order valence-electron chi connectivity index (χ3n) is 4.73. The largest absolute Gasteiger partial charge is 0.465 e. The molecule has 2 aromatic heterocycles. The average Bonchev–Trinajstić information content (AvgIpc) is 2.97. The number of nitrogens with one attached hydrogen (secondary N) is 1. The van der Waals surface area contributed by atoms with Crippen LogP contribution in [0, 0.1) is 5.92 Å². The van der Waals surface area contributed by atoms with Crippen molar-refractivity contribution in [3.8, 4) is 0 Å². The lowest BCUT2D eigenvalue weighted by molar-refractivity contribution is -0.140. The molecular weight excluding hydrogens is 368 g/mol. The highest BCUT2D eigenvalue weighted by Crippen LogP contribution is 2.36. The molecule has 2 heterocycles. The SMILES string of the molecule is CCCCCCOC(=O)CSc1nc2sc3c(c2c(=O)[nH]1)CCC(C)C3. The van der Waals surface area contributed by atoms with Crippen LogP contribution in [0.5, 0.6) is 0 Å². The summed E-state index contributed by atoms with van der Waals surface area (Å²) in [5, 5.41) is 1.25. The molecule has 5 nitrogen and oxygen atoms in total. The lowest BCUT2D eigenvalue weighted by atomic mass is 9.89. The number of rotatable bonds is 8. The Hall–Kier alpha value is -1.34. The topological polar surface area (TPSA) is 72.0 Å². The number of aromatic amines is 1. The Bertz CT molecular complexity index is 828. The van der Waals surface area contributed by atoms with Gasteiger partial charge in [-0.05, 0) is 37.2 Å². The summed E-state index contributed by atoms with van der Waals surface area (Å²) in [6.45, 7) is 4.87. The Morgan fingerprint density at radius 3 is 3.04 bits per heavy atom. The van der Waals surface area contributed by atoms with E-state index in [-0.39, 0.29) is 17.3 Å². The monoisotopic (exact) mass is 394 g/mol. The maximum atomic E-state index is 12.5. The van der Waals surface area contributed by atoms with E-state index in [1.54, 1.807) is 11.3 Å². The molecule has 0 saturated heterocycles. The zero-order valence-corrected chi connectivity index (χ0v) is 17.1. The van der Waals surface area contributed by atoms with Crippen LogP contribution in [0.2, 0.25) is 0 Å². The van der Waals surface area contributed by atoms with E-state index in [0.29, 0.717) is 17.7 Å². The van der Waals surface area contributed by atoms with Crippen LogP contribution in [0.4, 0.5) is 0 Å². The number of H-pyrrole nitrogens is 1. The molecule has 1 aliphatic carbocycles. The molecule has 0 radical (unpaired) electrons. The first-order chi connectivity index (χ1) is 12.6. The summed E-state index contributed by atoms with van der Waals surface area (Å²) in [7, 11) is 0. The molecule has 1 N–H and O–H groups in total. The average molecular weight is 395 g/mol. The normalized spacial score (nSPS) is 16.6. The summed E-state index contributed by atoms with van der Waals surface area (Å²) in [5.41, 5.74) is 1.09. The number of hydrogen-bond acceptors (Lipinski definition) is 6. The van der Waals surface area contributed by atoms with Gasteiger partial charge in [0.2, 0.25) is 0 Å². The maximum Gasteiger partial charge on any atom is 0.316 e. The quantitative estimate of drug-likeness (QED) is 0.312. The maximum absolute atomic E-state index is 12.5. The van der Waals surface area contributed by atoms with Gasteiger partial charge in [-0.3, -0.25) is 9.59 Å². The number of esters is 1. The van der Waals surface area contributed by atoms with Gasteiger partial charge in [0, 0.05) is 4.88 Å². The van der Waals surface area contributed by atoms with Crippen LogP contribution < -0.4 is 5.56 Å². The number of ether oxygens (including phenoxy) is 1. The molecule has 3 rings (SSSR count). The second-order valence-electron chi connectivity index (χ2n) is 6.97. The van der Waals surface area contributed by atoms with Gasteiger partial charge in [0.15, 0.2) is 5.16 Å². The van der Waals surface area contributed by atoms with E-state index in [4.69, 9.17) is 4.74 Å². The van der Waals surface area contributed by atoms with Gasteiger partial charge in [-0.1, -0.05) is 44.9 Å². The van der Waals surface area contributed by atoms with Crippen LogP contribution in [-0.2, 0) is 22.4 Å². The number of hydrogen-bond donors (Lipinski definition) is 1. The van der Waals surface area contributed by atoms with E-state index >= 15 is 0 Å².